The van der Waals surface area contributed by atoms with Crippen molar-refractivity contribution in [2.45, 2.75) is 4.90 Å². The van der Waals surface area contributed by atoms with Crippen molar-refractivity contribution in [3.63, 3.8) is 0 Å². The van der Waals surface area contributed by atoms with Crippen LogP contribution in [0, 0.1) is 11.3 Å². The first kappa shape index (κ1) is 19.0. The average Bonchev–Trinajstić information content (AvgIpc) is 2.62. The predicted octanol–water partition coefficient (Wildman–Crippen LogP) is 1.80. The van der Waals surface area contributed by atoms with E-state index in [1.165, 1.54) is 37.6 Å². The van der Waals surface area contributed by atoms with Gasteiger partial charge in [-0.2, -0.15) is 5.26 Å². The fourth-order valence-electron chi connectivity index (χ4n) is 1.98. The van der Waals surface area contributed by atoms with Crippen LogP contribution in [-0.2, 0) is 14.8 Å². The number of methoxy groups -OCH3 is 1. The molecule has 2 aromatic rings. The first-order valence-electron chi connectivity index (χ1n) is 7.29. The topological polar surface area (TPSA) is 134 Å². The van der Waals surface area contributed by atoms with Crippen molar-refractivity contribution < 1.29 is 17.9 Å². The standard InChI is InChI=1S/C17H16N4O4S/c1-25-16-5-3-2-4-15(16)21-17(22)12(10-18)11-20-13-6-8-14(9-7-13)26(19,23)24/h2-9,11,20H,1H3,(H,21,22)(H2,19,23,24)/b12-11-. The van der Waals surface area contributed by atoms with Crippen LogP contribution in [0.1, 0.15) is 0 Å². The number of nitrogens with zero attached hydrogens (tertiary/aromatic N) is 1. The summed E-state index contributed by atoms with van der Waals surface area (Å²) in [7, 11) is -2.31. The van der Waals surface area contributed by atoms with Crippen LogP contribution in [0.2, 0.25) is 0 Å². The van der Waals surface area contributed by atoms with Gasteiger partial charge in [0, 0.05) is 11.9 Å². The van der Waals surface area contributed by atoms with E-state index in [4.69, 9.17) is 9.88 Å². The average molecular weight is 372 g/mol. The Balaban J connectivity index is 2.12. The first-order chi connectivity index (χ1) is 12.3. The second-order valence-electron chi connectivity index (χ2n) is 5.04. The van der Waals surface area contributed by atoms with Gasteiger partial charge in [-0.25, -0.2) is 13.6 Å². The van der Waals surface area contributed by atoms with E-state index in [1.807, 2.05) is 0 Å². The molecule has 0 spiro atoms. The molecule has 0 atom stereocenters. The highest BCUT2D eigenvalue weighted by Gasteiger charge is 2.12. The molecule has 26 heavy (non-hydrogen) atoms. The summed E-state index contributed by atoms with van der Waals surface area (Å²) in [6.07, 6.45) is 1.22. The number of benzene rings is 2. The lowest BCUT2D eigenvalue weighted by Gasteiger charge is -2.09. The molecular formula is C17H16N4O4S. The number of primary sulfonamides is 1. The molecular weight excluding hydrogens is 356 g/mol. The fraction of sp³-hybridized carbons (Fsp3) is 0.0588. The number of nitrogens with one attached hydrogen (secondary N) is 2. The molecule has 0 aliphatic carbocycles. The number of carbonyl (C=O) groups is 1. The van der Waals surface area contributed by atoms with Crippen molar-refractivity contribution in [1.29, 1.82) is 5.26 Å². The third kappa shape index (κ3) is 4.83. The van der Waals surface area contributed by atoms with Gasteiger partial charge < -0.3 is 15.4 Å². The molecule has 0 saturated heterocycles. The Hall–Kier alpha value is -3.35. The number of ether oxygens (including phenoxy) is 1. The number of anilines is 2. The van der Waals surface area contributed by atoms with Crippen molar-refractivity contribution in [3.8, 4) is 11.8 Å². The summed E-state index contributed by atoms with van der Waals surface area (Å²) in [6.45, 7) is 0. The highest BCUT2D eigenvalue weighted by molar-refractivity contribution is 7.89. The van der Waals surface area contributed by atoms with Crippen molar-refractivity contribution >= 4 is 27.3 Å². The largest absolute Gasteiger partial charge is 0.495 e. The molecule has 0 aliphatic rings. The summed E-state index contributed by atoms with van der Waals surface area (Å²) in [4.78, 5) is 12.2. The molecule has 0 saturated carbocycles. The minimum absolute atomic E-state index is 0.0403. The highest BCUT2D eigenvalue weighted by Crippen LogP contribution is 2.23. The summed E-state index contributed by atoms with van der Waals surface area (Å²) in [6, 6.07) is 14.1. The van der Waals surface area contributed by atoms with Crippen LogP contribution < -0.4 is 20.5 Å². The fourth-order valence-corrected chi connectivity index (χ4v) is 2.50. The number of carbonyl (C=O) groups excluding carboxylic acids is 1. The van der Waals surface area contributed by atoms with Gasteiger partial charge in [0.05, 0.1) is 17.7 Å². The van der Waals surface area contributed by atoms with Crippen LogP contribution >= 0.6 is 0 Å². The maximum atomic E-state index is 12.2. The van der Waals surface area contributed by atoms with Gasteiger partial charge in [0.15, 0.2) is 0 Å². The van der Waals surface area contributed by atoms with E-state index in [-0.39, 0.29) is 10.5 Å². The molecule has 4 N–H and O–H groups in total. The molecule has 8 nitrogen and oxygen atoms in total. The van der Waals surface area contributed by atoms with Gasteiger partial charge in [-0.3, -0.25) is 4.79 Å². The lowest BCUT2D eigenvalue weighted by Crippen LogP contribution is -2.15. The van der Waals surface area contributed by atoms with Crippen LogP contribution in [-0.4, -0.2) is 21.4 Å². The summed E-state index contributed by atoms with van der Waals surface area (Å²) >= 11 is 0. The van der Waals surface area contributed by atoms with Gasteiger partial charge in [-0.05, 0) is 36.4 Å². The van der Waals surface area contributed by atoms with E-state index in [2.05, 4.69) is 10.6 Å². The van der Waals surface area contributed by atoms with Crippen molar-refractivity contribution in [1.82, 2.24) is 0 Å². The number of nitrogens with two attached hydrogens (primary N) is 1. The zero-order valence-electron chi connectivity index (χ0n) is 13.8. The van der Waals surface area contributed by atoms with Gasteiger partial charge in [-0.15, -0.1) is 0 Å². The zero-order chi connectivity index (χ0) is 19.2. The van der Waals surface area contributed by atoms with Gasteiger partial charge in [0.25, 0.3) is 5.91 Å². The monoisotopic (exact) mass is 372 g/mol. The number of hydrogen-bond acceptors (Lipinski definition) is 6. The number of amides is 1. The van der Waals surface area contributed by atoms with Gasteiger partial charge in [0.1, 0.15) is 17.4 Å². The number of nitriles is 1. The Kier molecular flexibility index (Phi) is 5.95. The van der Waals surface area contributed by atoms with Gasteiger partial charge in [-0.1, -0.05) is 12.1 Å². The van der Waals surface area contributed by atoms with Crippen LogP contribution in [0.25, 0.3) is 0 Å². The van der Waals surface area contributed by atoms with Gasteiger partial charge in [0.2, 0.25) is 10.0 Å². The van der Waals surface area contributed by atoms with E-state index in [0.717, 1.165) is 0 Å². The third-order valence-corrected chi connectivity index (χ3v) is 4.22. The molecule has 0 aliphatic heterocycles. The SMILES string of the molecule is COc1ccccc1NC(=O)/C(C#N)=C\Nc1ccc(S(N)(=O)=O)cc1. The van der Waals surface area contributed by atoms with Crippen LogP contribution in [0.3, 0.4) is 0 Å². The molecule has 0 radical (unpaired) electrons. The summed E-state index contributed by atoms with van der Waals surface area (Å²) < 4.78 is 27.6. The number of sulfonamides is 1. The molecule has 0 bridgehead atoms. The predicted molar refractivity (Wildman–Crippen MR) is 96.8 cm³/mol. The Morgan fingerprint density at radius 2 is 1.85 bits per heavy atom. The summed E-state index contributed by atoms with van der Waals surface area (Å²) in [5.41, 5.74) is 0.736. The summed E-state index contributed by atoms with van der Waals surface area (Å²) in [5, 5.41) is 19.5. The minimum atomic E-state index is -3.78. The summed E-state index contributed by atoms with van der Waals surface area (Å²) in [5.74, 6) is -0.157. The number of para-hydroxylation sites is 2. The van der Waals surface area contributed by atoms with Crippen LogP contribution in [0.15, 0.2) is 65.2 Å². The molecule has 9 heteroatoms. The molecule has 2 rings (SSSR count). The van der Waals surface area contributed by atoms with Crippen LogP contribution in [0.5, 0.6) is 5.75 Å². The van der Waals surface area contributed by atoms with Crippen molar-refractivity contribution in [3.05, 3.63) is 60.3 Å². The Morgan fingerprint density at radius 1 is 1.19 bits per heavy atom. The zero-order valence-corrected chi connectivity index (χ0v) is 14.6. The van der Waals surface area contributed by atoms with Crippen LogP contribution in [0.4, 0.5) is 11.4 Å². The first-order valence-corrected chi connectivity index (χ1v) is 8.84. The quantitative estimate of drug-likeness (QED) is 0.523. The molecule has 0 aromatic heterocycles. The lowest BCUT2D eigenvalue weighted by atomic mass is 10.2. The number of rotatable bonds is 6. The molecule has 2 aromatic carbocycles. The Morgan fingerprint density at radius 3 is 2.42 bits per heavy atom. The van der Waals surface area contributed by atoms with Crippen molar-refractivity contribution in [2.24, 2.45) is 5.14 Å². The smallest absolute Gasteiger partial charge is 0.267 e. The Labute approximate surface area is 150 Å². The maximum Gasteiger partial charge on any atom is 0.267 e. The maximum absolute atomic E-state index is 12.2. The minimum Gasteiger partial charge on any atom is -0.495 e. The van der Waals surface area contributed by atoms with Gasteiger partial charge >= 0.3 is 0 Å². The van der Waals surface area contributed by atoms with E-state index in [1.54, 1.807) is 30.3 Å². The molecule has 0 fully saturated rings. The molecule has 134 valence electrons. The molecule has 0 unspecified atom stereocenters. The number of hydrogen-bond donors (Lipinski definition) is 3. The van der Waals surface area contributed by atoms with E-state index in [0.29, 0.717) is 17.1 Å². The van der Waals surface area contributed by atoms with E-state index in [9.17, 15) is 18.5 Å². The normalized spacial score (nSPS) is 11.3. The third-order valence-electron chi connectivity index (χ3n) is 3.29. The van der Waals surface area contributed by atoms with E-state index < -0.39 is 15.9 Å². The lowest BCUT2D eigenvalue weighted by molar-refractivity contribution is -0.112. The van der Waals surface area contributed by atoms with E-state index >= 15 is 0 Å². The Bertz CT molecular complexity index is 977. The second-order valence-corrected chi connectivity index (χ2v) is 6.60. The highest BCUT2D eigenvalue weighted by atomic mass is 32.2. The molecule has 1 amide bonds. The molecule has 0 heterocycles. The second kappa shape index (κ2) is 8.15. The van der Waals surface area contributed by atoms with Crippen molar-refractivity contribution in [2.75, 3.05) is 17.7 Å².